The Morgan fingerprint density at radius 1 is 1.30 bits per heavy atom. The summed E-state index contributed by atoms with van der Waals surface area (Å²) in [6.45, 7) is 7.61. The van der Waals surface area contributed by atoms with Crippen LogP contribution in [0.4, 0.5) is 0 Å². The second kappa shape index (κ2) is 5.22. The van der Waals surface area contributed by atoms with E-state index in [0.717, 1.165) is 22.3 Å². The molecule has 0 fully saturated rings. The lowest BCUT2D eigenvalue weighted by Gasteiger charge is -2.26. The number of hydrogen-bond acceptors (Lipinski definition) is 4. The van der Waals surface area contributed by atoms with Gasteiger partial charge in [-0.25, -0.2) is 4.98 Å². The van der Waals surface area contributed by atoms with Gasteiger partial charge in [0, 0.05) is 18.2 Å². The van der Waals surface area contributed by atoms with Gasteiger partial charge in [0.2, 0.25) is 0 Å². The van der Waals surface area contributed by atoms with Crippen molar-refractivity contribution in [3.63, 3.8) is 0 Å². The quantitative estimate of drug-likeness (QED) is 0.807. The predicted molar refractivity (Wildman–Crippen MR) is 87.2 cm³/mol. The summed E-state index contributed by atoms with van der Waals surface area (Å²) in [6.07, 6.45) is 1.74. The number of benzene rings is 1. The van der Waals surface area contributed by atoms with E-state index in [-0.39, 0.29) is 5.91 Å². The van der Waals surface area contributed by atoms with Gasteiger partial charge in [-0.05, 0) is 45.9 Å². The fraction of sp³-hybridized carbons (Fsp3) is 0.353. The molecule has 0 aliphatic heterocycles. The molecule has 23 heavy (non-hydrogen) atoms. The van der Waals surface area contributed by atoms with Crippen molar-refractivity contribution in [2.45, 2.75) is 33.2 Å². The zero-order valence-electron chi connectivity index (χ0n) is 14.0. The number of aromatic nitrogens is 3. The average molecular weight is 312 g/mol. The molecule has 0 bridgehead atoms. The van der Waals surface area contributed by atoms with Gasteiger partial charge < -0.3 is 14.4 Å². The van der Waals surface area contributed by atoms with Gasteiger partial charge in [-0.3, -0.25) is 4.79 Å². The van der Waals surface area contributed by atoms with Gasteiger partial charge in [-0.15, -0.1) is 0 Å². The maximum Gasteiger partial charge on any atom is 0.252 e. The highest BCUT2D eigenvalue weighted by Gasteiger charge is 2.30. The van der Waals surface area contributed by atoms with Gasteiger partial charge in [0.1, 0.15) is 5.76 Å². The van der Waals surface area contributed by atoms with Crippen LogP contribution in [-0.4, -0.2) is 20.6 Å². The summed E-state index contributed by atoms with van der Waals surface area (Å²) in [5, 5.41) is 7.02. The van der Waals surface area contributed by atoms with Crippen molar-refractivity contribution < 1.29 is 9.32 Å². The third kappa shape index (κ3) is 2.60. The zero-order valence-corrected chi connectivity index (χ0v) is 14.0. The smallest absolute Gasteiger partial charge is 0.252 e. The van der Waals surface area contributed by atoms with Crippen molar-refractivity contribution in [3.05, 3.63) is 47.1 Å². The van der Waals surface area contributed by atoms with Gasteiger partial charge in [-0.1, -0.05) is 5.16 Å². The Morgan fingerprint density at radius 2 is 2.04 bits per heavy atom. The number of carbonyl (C=O) groups is 1. The molecule has 120 valence electrons. The number of nitrogens with one attached hydrogen (secondary N) is 1. The van der Waals surface area contributed by atoms with E-state index in [1.54, 1.807) is 12.4 Å². The average Bonchev–Trinajstić information content (AvgIpc) is 3.01. The molecule has 0 spiro atoms. The molecule has 0 aliphatic rings. The Bertz CT molecular complexity index is 870. The van der Waals surface area contributed by atoms with Crippen molar-refractivity contribution in [2.24, 2.45) is 7.05 Å². The number of hydrogen-bond donors (Lipinski definition) is 1. The minimum Gasteiger partial charge on any atom is -0.361 e. The molecule has 1 N–H and O–H groups in total. The summed E-state index contributed by atoms with van der Waals surface area (Å²) in [7, 11) is 1.93. The molecule has 6 heteroatoms. The number of amides is 1. The first-order valence-corrected chi connectivity index (χ1v) is 7.46. The summed E-state index contributed by atoms with van der Waals surface area (Å²) >= 11 is 0. The molecular weight excluding hydrogens is 292 g/mol. The normalized spacial score (nSPS) is 11.9. The number of fused-ring (bicyclic) bond motifs is 1. The Kier molecular flexibility index (Phi) is 3.47. The summed E-state index contributed by atoms with van der Waals surface area (Å²) < 4.78 is 7.14. The number of nitrogens with zero attached hydrogens (tertiary/aromatic N) is 3. The maximum absolute atomic E-state index is 12.6. The molecule has 1 amide bonds. The van der Waals surface area contributed by atoms with E-state index >= 15 is 0 Å². The highest BCUT2D eigenvalue weighted by atomic mass is 16.5. The predicted octanol–water partition coefficient (Wildman–Crippen LogP) is 2.84. The van der Waals surface area contributed by atoms with Gasteiger partial charge in [0.05, 0.1) is 28.6 Å². The molecule has 3 rings (SSSR count). The van der Waals surface area contributed by atoms with E-state index in [2.05, 4.69) is 15.5 Å². The molecule has 2 heterocycles. The van der Waals surface area contributed by atoms with E-state index in [4.69, 9.17) is 4.52 Å². The van der Waals surface area contributed by atoms with Crippen molar-refractivity contribution in [1.82, 2.24) is 20.0 Å². The molecule has 0 radical (unpaired) electrons. The Labute approximate surface area is 134 Å². The number of aryl methyl sites for hydroxylation is 3. The fourth-order valence-corrected chi connectivity index (χ4v) is 3.07. The largest absolute Gasteiger partial charge is 0.361 e. The second-order valence-electron chi connectivity index (χ2n) is 6.34. The lowest BCUT2D eigenvalue weighted by atomic mass is 9.92. The molecule has 6 nitrogen and oxygen atoms in total. The highest BCUT2D eigenvalue weighted by molar-refractivity contribution is 5.97. The van der Waals surface area contributed by atoms with E-state index in [0.29, 0.717) is 11.3 Å². The van der Waals surface area contributed by atoms with E-state index in [9.17, 15) is 4.79 Å². The minimum atomic E-state index is -0.579. The lowest BCUT2D eigenvalue weighted by molar-refractivity contribution is 0.0911. The molecule has 0 unspecified atom stereocenters. The van der Waals surface area contributed by atoms with Crippen molar-refractivity contribution in [2.75, 3.05) is 0 Å². The van der Waals surface area contributed by atoms with E-state index in [1.165, 1.54) is 0 Å². The van der Waals surface area contributed by atoms with Crippen LogP contribution < -0.4 is 5.32 Å². The Hall–Kier alpha value is -2.63. The van der Waals surface area contributed by atoms with Crippen LogP contribution >= 0.6 is 0 Å². The molecule has 1 aromatic carbocycles. The van der Waals surface area contributed by atoms with Crippen LogP contribution in [-0.2, 0) is 12.6 Å². The standard InChI is InChI=1S/C17H20N4O2/c1-10-15(11(2)23-20-10)17(3,4)19-16(22)12-6-7-14-13(8-12)18-9-21(14)5/h6-9H,1-5H3,(H,19,22). The van der Waals surface area contributed by atoms with Crippen molar-refractivity contribution in [3.8, 4) is 0 Å². The summed E-state index contributed by atoms with van der Waals surface area (Å²) in [6, 6.07) is 5.51. The van der Waals surface area contributed by atoms with Crippen LogP contribution in [0.2, 0.25) is 0 Å². The number of carbonyl (C=O) groups excluding carboxylic acids is 1. The van der Waals surface area contributed by atoms with Crippen LogP contribution in [0.3, 0.4) is 0 Å². The lowest BCUT2D eigenvalue weighted by Crippen LogP contribution is -2.41. The van der Waals surface area contributed by atoms with Crippen LogP contribution in [0.25, 0.3) is 11.0 Å². The highest BCUT2D eigenvalue weighted by Crippen LogP contribution is 2.27. The van der Waals surface area contributed by atoms with Crippen LogP contribution in [0.15, 0.2) is 29.0 Å². The second-order valence-corrected chi connectivity index (χ2v) is 6.34. The van der Waals surface area contributed by atoms with Crippen LogP contribution in [0.5, 0.6) is 0 Å². The van der Waals surface area contributed by atoms with Gasteiger partial charge >= 0.3 is 0 Å². The monoisotopic (exact) mass is 312 g/mol. The van der Waals surface area contributed by atoms with Crippen molar-refractivity contribution in [1.29, 1.82) is 0 Å². The van der Waals surface area contributed by atoms with Crippen LogP contribution in [0, 0.1) is 13.8 Å². The van der Waals surface area contributed by atoms with E-state index in [1.807, 2.05) is 51.4 Å². The molecular formula is C17H20N4O2. The van der Waals surface area contributed by atoms with Crippen molar-refractivity contribution >= 4 is 16.9 Å². The Balaban J connectivity index is 1.90. The summed E-state index contributed by atoms with van der Waals surface area (Å²) in [5.41, 5.74) is 3.49. The molecule has 0 atom stereocenters. The third-order valence-electron chi connectivity index (χ3n) is 4.07. The number of rotatable bonds is 3. The topological polar surface area (TPSA) is 73.0 Å². The molecule has 3 aromatic rings. The SMILES string of the molecule is Cc1noc(C)c1C(C)(C)NC(=O)c1ccc2c(c1)ncn2C. The number of imidazole rings is 1. The molecule has 0 saturated carbocycles. The third-order valence-corrected chi connectivity index (χ3v) is 4.07. The minimum absolute atomic E-state index is 0.150. The van der Waals surface area contributed by atoms with Gasteiger partial charge in [0.15, 0.2) is 0 Å². The molecule has 0 aliphatic carbocycles. The summed E-state index contributed by atoms with van der Waals surface area (Å²) in [5.74, 6) is 0.565. The first kappa shape index (κ1) is 15.3. The zero-order chi connectivity index (χ0) is 16.8. The van der Waals surface area contributed by atoms with Crippen LogP contribution in [0.1, 0.15) is 41.2 Å². The molecule has 2 aromatic heterocycles. The first-order chi connectivity index (χ1) is 10.8. The maximum atomic E-state index is 12.6. The van der Waals surface area contributed by atoms with Gasteiger partial charge in [-0.2, -0.15) is 0 Å². The van der Waals surface area contributed by atoms with E-state index < -0.39 is 5.54 Å². The fourth-order valence-electron chi connectivity index (χ4n) is 3.07. The Morgan fingerprint density at radius 3 is 2.70 bits per heavy atom. The molecule has 0 saturated heterocycles. The summed E-state index contributed by atoms with van der Waals surface area (Å²) in [4.78, 5) is 16.9. The van der Waals surface area contributed by atoms with Gasteiger partial charge in [0.25, 0.3) is 5.91 Å². The first-order valence-electron chi connectivity index (χ1n) is 7.46.